The number of nitrogens with zero attached hydrogens (tertiary/aromatic N) is 1. The summed E-state index contributed by atoms with van der Waals surface area (Å²) in [6.07, 6.45) is 0. The first kappa shape index (κ1) is 13.0. The topological polar surface area (TPSA) is 86.2 Å². The maximum atomic E-state index is 12.2. The van der Waals surface area contributed by atoms with Crippen LogP contribution in [0.4, 0.5) is 11.4 Å². The SMILES string of the molecule is Nc1ccc(Cl)cc1C(=O)c1ccc([N+](=O)[O-])cc1. The van der Waals surface area contributed by atoms with E-state index in [2.05, 4.69) is 0 Å². The highest BCUT2D eigenvalue weighted by molar-refractivity contribution is 6.31. The van der Waals surface area contributed by atoms with Gasteiger partial charge in [-0.25, -0.2) is 0 Å². The van der Waals surface area contributed by atoms with Gasteiger partial charge in [0.15, 0.2) is 5.78 Å². The lowest BCUT2D eigenvalue weighted by molar-refractivity contribution is -0.384. The van der Waals surface area contributed by atoms with Crippen molar-refractivity contribution in [2.45, 2.75) is 0 Å². The van der Waals surface area contributed by atoms with Crippen molar-refractivity contribution >= 4 is 28.8 Å². The highest BCUT2D eigenvalue weighted by Crippen LogP contribution is 2.22. The largest absolute Gasteiger partial charge is 0.398 e. The van der Waals surface area contributed by atoms with Gasteiger partial charge in [-0.1, -0.05) is 11.6 Å². The molecule has 2 rings (SSSR count). The Bertz CT molecular complexity index is 653. The van der Waals surface area contributed by atoms with E-state index in [1.165, 1.54) is 30.3 Å². The summed E-state index contributed by atoms with van der Waals surface area (Å²) in [6, 6.07) is 9.93. The maximum absolute atomic E-state index is 12.2. The predicted octanol–water partition coefficient (Wildman–Crippen LogP) is 3.06. The molecule has 0 radical (unpaired) electrons. The first-order valence-electron chi connectivity index (χ1n) is 5.33. The van der Waals surface area contributed by atoms with Gasteiger partial charge in [0, 0.05) is 34.0 Å². The van der Waals surface area contributed by atoms with Crippen LogP contribution in [0.1, 0.15) is 15.9 Å². The lowest BCUT2D eigenvalue weighted by atomic mass is 10.0. The van der Waals surface area contributed by atoms with E-state index in [0.29, 0.717) is 16.3 Å². The number of halogens is 1. The minimum atomic E-state index is -0.526. The summed E-state index contributed by atoms with van der Waals surface area (Å²) < 4.78 is 0. The van der Waals surface area contributed by atoms with Gasteiger partial charge in [-0.3, -0.25) is 14.9 Å². The number of non-ortho nitro benzene ring substituents is 1. The van der Waals surface area contributed by atoms with Gasteiger partial charge >= 0.3 is 0 Å². The Kier molecular flexibility index (Phi) is 3.48. The molecular weight excluding hydrogens is 268 g/mol. The number of nitrogens with two attached hydrogens (primary N) is 1. The highest BCUT2D eigenvalue weighted by atomic mass is 35.5. The average molecular weight is 277 g/mol. The molecule has 5 nitrogen and oxygen atoms in total. The van der Waals surface area contributed by atoms with E-state index in [4.69, 9.17) is 17.3 Å². The van der Waals surface area contributed by atoms with Crippen molar-refractivity contribution in [3.05, 3.63) is 68.7 Å². The first-order valence-corrected chi connectivity index (χ1v) is 5.71. The second-order valence-electron chi connectivity index (χ2n) is 3.86. The third-order valence-corrected chi connectivity index (χ3v) is 2.84. The van der Waals surface area contributed by atoms with Crippen LogP contribution in [0.2, 0.25) is 5.02 Å². The fourth-order valence-electron chi connectivity index (χ4n) is 1.62. The number of hydrogen-bond acceptors (Lipinski definition) is 4. The first-order chi connectivity index (χ1) is 8.99. The van der Waals surface area contributed by atoms with E-state index in [1.807, 2.05) is 0 Å². The van der Waals surface area contributed by atoms with E-state index < -0.39 is 4.92 Å². The Morgan fingerprint density at radius 3 is 2.37 bits per heavy atom. The Labute approximate surface area is 113 Å². The lowest BCUT2D eigenvalue weighted by Crippen LogP contribution is -2.05. The molecule has 0 unspecified atom stereocenters. The van der Waals surface area contributed by atoms with Gasteiger partial charge in [-0.15, -0.1) is 0 Å². The summed E-state index contributed by atoms with van der Waals surface area (Å²) in [4.78, 5) is 22.2. The monoisotopic (exact) mass is 276 g/mol. The van der Waals surface area contributed by atoms with Gasteiger partial charge < -0.3 is 5.73 Å². The Hall–Kier alpha value is -2.40. The molecule has 0 aliphatic heterocycles. The molecule has 0 aromatic heterocycles. The number of hydrogen-bond donors (Lipinski definition) is 1. The number of carbonyl (C=O) groups is 1. The molecule has 0 atom stereocenters. The zero-order chi connectivity index (χ0) is 14.0. The second kappa shape index (κ2) is 5.07. The molecule has 0 amide bonds. The van der Waals surface area contributed by atoms with Crippen LogP contribution >= 0.6 is 11.6 Å². The summed E-state index contributed by atoms with van der Waals surface area (Å²) in [7, 11) is 0. The fraction of sp³-hybridized carbons (Fsp3) is 0. The van der Waals surface area contributed by atoms with Crippen LogP contribution in [0.3, 0.4) is 0 Å². The van der Waals surface area contributed by atoms with Gasteiger partial charge in [0.1, 0.15) is 0 Å². The number of nitrogen functional groups attached to an aromatic ring is 1. The zero-order valence-corrected chi connectivity index (χ0v) is 10.4. The normalized spacial score (nSPS) is 10.2. The van der Waals surface area contributed by atoms with Crippen LogP contribution in [0.15, 0.2) is 42.5 Å². The Morgan fingerprint density at radius 1 is 1.16 bits per heavy atom. The highest BCUT2D eigenvalue weighted by Gasteiger charge is 2.14. The second-order valence-corrected chi connectivity index (χ2v) is 4.30. The Morgan fingerprint density at radius 2 is 1.79 bits per heavy atom. The molecule has 0 aliphatic rings. The molecule has 0 bridgehead atoms. The maximum Gasteiger partial charge on any atom is 0.269 e. The van der Waals surface area contributed by atoms with Crippen molar-refractivity contribution in [3.63, 3.8) is 0 Å². The van der Waals surface area contributed by atoms with Crippen molar-refractivity contribution in [1.82, 2.24) is 0 Å². The van der Waals surface area contributed by atoms with Crippen LogP contribution in [-0.2, 0) is 0 Å². The summed E-state index contributed by atoms with van der Waals surface area (Å²) in [6.45, 7) is 0. The van der Waals surface area contributed by atoms with Crippen molar-refractivity contribution in [3.8, 4) is 0 Å². The van der Waals surface area contributed by atoms with Crippen LogP contribution in [-0.4, -0.2) is 10.7 Å². The fourth-order valence-corrected chi connectivity index (χ4v) is 1.79. The molecule has 2 aromatic carbocycles. The molecule has 0 aliphatic carbocycles. The quantitative estimate of drug-likeness (QED) is 0.404. The predicted molar refractivity (Wildman–Crippen MR) is 72.4 cm³/mol. The van der Waals surface area contributed by atoms with Crippen molar-refractivity contribution in [1.29, 1.82) is 0 Å². The zero-order valence-electron chi connectivity index (χ0n) is 9.67. The van der Waals surface area contributed by atoms with Crippen molar-refractivity contribution < 1.29 is 9.72 Å². The number of benzene rings is 2. The van der Waals surface area contributed by atoms with E-state index in [1.54, 1.807) is 12.1 Å². The van der Waals surface area contributed by atoms with Crippen LogP contribution in [0, 0.1) is 10.1 Å². The minimum Gasteiger partial charge on any atom is -0.398 e. The summed E-state index contributed by atoms with van der Waals surface area (Å²) in [5.41, 5.74) is 6.56. The molecule has 96 valence electrons. The summed E-state index contributed by atoms with van der Waals surface area (Å²) >= 11 is 5.82. The molecule has 0 fully saturated rings. The van der Waals surface area contributed by atoms with Gasteiger partial charge in [-0.05, 0) is 30.3 Å². The smallest absolute Gasteiger partial charge is 0.269 e. The summed E-state index contributed by atoms with van der Waals surface area (Å²) in [5, 5.41) is 10.9. The van der Waals surface area contributed by atoms with Gasteiger partial charge in [-0.2, -0.15) is 0 Å². The van der Waals surface area contributed by atoms with Crippen LogP contribution in [0.25, 0.3) is 0 Å². The summed E-state index contributed by atoms with van der Waals surface area (Å²) in [5.74, 6) is -0.324. The Balaban J connectivity index is 2.38. The molecule has 0 saturated heterocycles. The number of nitro benzene ring substituents is 1. The number of rotatable bonds is 3. The van der Waals surface area contributed by atoms with E-state index in [0.717, 1.165) is 0 Å². The molecule has 0 saturated carbocycles. The molecule has 2 N–H and O–H groups in total. The van der Waals surface area contributed by atoms with Crippen molar-refractivity contribution in [2.24, 2.45) is 0 Å². The standard InChI is InChI=1S/C13H9ClN2O3/c14-9-3-6-12(15)11(7-9)13(17)8-1-4-10(5-2-8)16(18)19/h1-7H,15H2. The third-order valence-electron chi connectivity index (χ3n) is 2.60. The number of anilines is 1. The molecule has 0 heterocycles. The molecule has 0 spiro atoms. The van der Waals surface area contributed by atoms with Gasteiger partial charge in [0.05, 0.1) is 4.92 Å². The molecule has 6 heteroatoms. The van der Waals surface area contributed by atoms with Gasteiger partial charge in [0.25, 0.3) is 5.69 Å². The van der Waals surface area contributed by atoms with E-state index in [9.17, 15) is 14.9 Å². The molecule has 19 heavy (non-hydrogen) atoms. The molecular formula is C13H9ClN2O3. The van der Waals surface area contributed by atoms with E-state index >= 15 is 0 Å². The van der Waals surface area contributed by atoms with E-state index in [-0.39, 0.29) is 17.0 Å². The number of ketones is 1. The average Bonchev–Trinajstić information content (AvgIpc) is 2.41. The van der Waals surface area contributed by atoms with Crippen molar-refractivity contribution in [2.75, 3.05) is 5.73 Å². The van der Waals surface area contributed by atoms with Crippen LogP contribution in [0.5, 0.6) is 0 Å². The minimum absolute atomic E-state index is 0.0735. The molecule has 2 aromatic rings. The number of nitro groups is 1. The lowest BCUT2D eigenvalue weighted by Gasteiger charge is -2.05. The van der Waals surface area contributed by atoms with Gasteiger partial charge in [0.2, 0.25) is 0 Å². The number of carbonyl (C=O) groups excluding carboxylic acids is 1. The van der Waals surface area contributed by atoms with Crippen LogP contribution < -0.4 is 5.73 Å². The third kappa shape index (κ3) is 2.71.